The zero-order valence-electron chi connectivity index (χ0n) is 15.3. The number of nitrogens with one attached hydrogen (secondary N) is 2. The molecule has 0 spiro atoms. The van der Waals surface area contributed by atoms with Gasteiger partial charge in [0.2, 0.25) is 5.91 Å². The first kappa shape index (κ1) is 16.2. The zero-order chi connectivity index (χ0) is 18.4. The maximum absolute atomic E-state index is 13.3. The average molecular weight is 362 g/mol. The molecule has 3 heterocycles. The van der Waals surface area contributed by atoms with E-state index in [2.05, 4.69) is 49.6 Å². The second-order valence-electron chi connectivity index (χ2n) is 7.45. The second kappa shape index (κ2) is 6.33. The summed E-state index contributed by atoms with van der Waals surface area (Å²) < 4.78 is 0. The number of hydrogen-bond acceptors (Lipinski definition) is 4. The third kappa shape index (κ3) is 2.74. The highest BCUT2D eigenvalue weighted by Crippen LogP contribution is 2.33. The first-order valence-electron chi connectivity index (χ1n) is 9.51. The minimum Gasteiger partial charge on any atom is -0.337 e. The predicted molar refractivity (Wildman–Crippen MR) is 98.9 cm³/mol. The number of aromatic nitrogens is 5. The van der Waals surface area contributed by atoms with Crippen LogP contribution < -0.4 is 0 Å². The Bertz CT molecular complexity index is 965. The molecule has 0 radical (unpaired) electrons. The van der Waals surface area contributed by atoms with Crippen molar-refractivity contribution in [3.05, 3.63) is 64.5 Å². The molecule has 1 atom stereocenters. The van der Waals surface area contributed by atoms with Crippen LogP contribution >= 0.6 is 0 Å². The molecule has 0 bridgehead atoms. The van der Waals surface area contributed by atoms with E-state index in [1.165, 1.54) is 11.1 Å². The Labute approximate surface area is 157 Å². The van der Waals surface area contributed by atoms with E-state index < -0.39 is 0 Å². The summed E-state index contributed by atoms with van der Waals surface area (Å²) in [5, 5.41) is 14.7. The van der Waals surface area contributed by atoms with Gasteiger partial charge in [-0.1, -0.05) is 31.2 Å². The molecule has 1 aromatic carbocycles. The van der Waals surface area contributed by atoms with Crippen LogP contribution in [0.3, 0.4) is 0 Å². The zero-order valence-corrected chi connectivity index (χ0v) is 15.3. The summed E-state index contributed by atoms with van der Waals surface area (Å²) in [6.07, 6.45) is 4.28. The number of fused-ring (bicyclic) bond motifs is 2. The molecule has 2 aromatic heterocycles. The van der Waals surface area contributed by atoms with Gasteiger partial charge in [-0.25, -0.2) is 4.98 Å². The summed E-state index contributed by atoms with van der Waals surface area (Å²) in [6.45, 7) is 3.22. The Morgan fingerprint density at radius 2 is 1.96 bits per heavy atom. The minimum atomic E-state index is -0.0690. The van der Waals surface area contributed by atoms with Gasteiger partial charge in [0, 0.05) is 31.0 Å². The predicted octanol–water partition coefficient (Wildman–Crippen LogP) is 1.98. The van der Waals surface area contributed by atoms with Crippen molar-refractivity contribution in [1.82, 2.24) is 30.3 Å². The highest BCUT2D eigenvalue weighted by atomic mass is 16.2. The van der Waals surface area contributed by atoms with E-state index >= 15 is 0 Å². The lowest BCUT2D eigenvalue weighted by Crippen LogP contribution is -2.42. The largest absolute Gasteiger partial charge is 0.337 e. The van der Waals surface area contributed by atoms with Gasteiger partial charge in [0.15, 0.2) is 5.82 Å². The van der Waals surface area contributed by atoms with Crippen molar-refractivity contribution in [2.75, 3.05) is 6.54 Å². The molecule has 0 saturated carbocycles. The third-order valence-electron chi connectivity index (χ3n) is 5.77. The van der Waals surface area contributed by atoms with E-state index in [0.717, 1.165) is 42.2 Å². The van der Waals surface area contributed by atoms with Gasteiger partial charge in [0.1, 0.15) is 5.82 Å². The number of nitrogens with zero attached hydrogens (tertiary/aromatic N) is 4. The maximum Gasteiger partial charge on any atom is 0.226 e. The number of rotatable bonds is 3. The molecule has 1 aliphatic heterocycles. The van der Waals surface area contributed by atoms with Crippen molar-refractivity contribution in [3.8, 4) is 0 Å². The fraction of sp³-hybridized carbons (Fsp3) is 0.400. The topological polar surface area (TPSA) is 90.6 Å². The number of benzene rings is 1. The minimum absolute atomic E-state index is 0.0230. The maximum atomic E-state index is 13.3. The first-order chi connectivity index (χ1) is 13.2. The molecule has 0 fully saturated rings. The smallest absolute Gasteiger partial charge is 0.226 e. The molecule has 138 valence electrons. The Balaban J connectivity index is 1.41. The lowest BCUT2D eigenvalue weighted by atomic mass is 9.94. The van der Waals surface area contributed by atoms with Crippen molar-refractivity contribution in [1.29, 1.82) is 0 Å². The fourth-order valence-electron chi connectivity index (χ4n) is 4.32. The molecule has 1 aliphatic carbocycles. The number of aryl methyl sites for hydroxylation is 1. The molecule has 1 unspecified atom stereocenters. The quantitative estimate of drug-likeness (QED) is 0.745. The molecule has 2 N–H and O–H groups in total. The van der Waals surface area contributed by atoms with Crippen LogP contribution in [-0.2, 0) is 30.6 Å². The van der Waals surface area contributed by atoms with Crippen molar-refractivity contribution in [3.63, 3.8) is 0 Å². The number of carbonyl (C=O) groups is 1. The summed E-state index contributed by atoms with van der Waals surface area (Å²) >= 11 is 0. The monoisotopic (exact) mass is 362 g/mol. The molecule has 1 amide bonds. The van der Waals surface area contributed by atoms with Gasteiger partial charge in [-0.05, 0) is 24.0 Å². The van der Waals surface area contributed by atoms with Crippen LogP contribution in [0.4, 0.5) is 0 Å². The van der Waals surface area contributed by atoms with Crippen LogP contribution in [0.1, 0.15) is 46.9 Å². The highest BCUT2D eigenvalue weighted by Gasteiger charge is 2.37. The summed E-state index contributed by atoms with van der Waals surface area (Å²) in [5.41, 5.74) is 4.68. The summed E-state index contributed by atoms with van der Waals surface area (Å²) in [5.74, 6) is 1.76. The standard InChI is InChI=1S/C20H22N6O/c1-2-17-22-19(25-23-17)16-11-26(10-15-9-21-24-18(15)16)20(27)14-7-12-5-3-4-6-13(12)8-14/h3-6,9,14,16H,2,7-8,10-11H2,1H3,(H,21,24)(H,22,23,25). The van der Waals surface area contributed by atoms with E-state index in [4.69, 9.17) is 0 Å². The van der Waals surface area contributed by atoms with Crippen LogP contribution in [0, 0.1) is 5.92 Å². The number of aromatic amines is 2. The molecule has 27 heavy (non-hydrogen) atoms. The summed E-state index contributed by atoms with van der Waals surface area (Å²) in [6, 6.07) is 8.37. The van der Waals surface area contributed by atoms with Gasteiger partial charge in [-0.3, -0.25) is 15.0 Å². The molecule has 0 saturated heterocycles. The number of H-pyrrole nitrogens is 2. The van der Waals surface area contributed by atoms with Crippen molar-refractivity contribution in [2.24, 2.45) is 5.92 Å². The van der Waals surface area contributed by atoms with Crippen LogP contribution in [-0.4, -0.2) is 42.7 Å². The first-order valence-corrected chi connectivity index (χ1v) is 9.51. The number of hydrogen-bond donors (Lipinski definition) is 2. The lowest BCUT2D eigenvalue weighted by molar-refractivity contribution is -0.136. The second-order valence-corrected chi connectivity index (χ2v) is 7.45. The van der Waals surface area contributed by atoms with Gasteiger partial charge >= 0.3 is 0 Å². The Kier molecular flexibility index (Phi) is 3.81. The van der Waals surface area contributed by atoms with E-state index in [9.17, 15) is 4.79 Å². The lowest BCUT2D eigenvalue weighted by Gasteiger charge is -2.32. The SMILES string of the molecule is CCc1nc(C2CN(C(=O)C3Cc4ccccc4C3)Cc3cn[nH]c32)n[nH]1. The molecule has 7 heteroatoms. The molecular weight excluding hydrogens is 340 g/mol. The van der Waals surface area contributed by atoms with Crippen molar-refractivity contribution in [2.45, 2.75) is 38.6 Å². The summed E-state index contributed by atoms with van der Waals surface area (Å²) in [7, 11) is 0. The molecule has 5 rings (SSSR count). The van der Waals surface area contributed by atoms with Gasteiger partial charge < -0.3 is 4.90 Å². The fourth-order valence-corrected chi connectivity index (χ4v) is 4.32. The Morgan fingerprint density at radius 1 is 1.19 bits per heavy atom. The van der Waals surface area contributed by atoms with Crippen LogP contribution in [0.5, 0.6) is 0 Å². The van der Waals surface area contributed by atoms with Crippen LogP contribution in [0.2, 0.25) is 0 Å². The van der Waals surface area contributed by atoms with Gasteiger partial charge in [-0.15, -0.1) is 0 Å². The van der Waals surface area contributed by atoms with Crippen LogP contribution in [0.25, 0.3) is 0 Å². The van der Waals surface area contributed by atoms with E-state index in [1.54, 1.807) is 0 Å². The third-order valence-corrected chi connectivity index (χ3v) is 5.77. The van der Waals surface area contributed by atoms with E-state index in [-0.39, 0.29) is 17.7 Å². The number of amides is 1. The molecule has 7 nitrogen and oxygen atoms in total. The van der Waals surface area contributed by atoms with Crippen LogP contribution in [0.15, 0.2) is 30.5 Å². The average Bonchev–Trinajstić information content (AvgIpc) is 3.44. The normalized spacial score (nSPS) is 19.1. The van der Waals surface area contributed by atoms with Crippen molar-refractivity contribution < 1.29 is 4.79 Å². The number of carbonyl (C=O) groups excluding carboxylic acids is 1. The Morgan fingerprint density at radius 3 is 2.67 bits per heavy atom. The summed E-state index contributed by atoms with van der Waals surface area (Å²) in [4.78, 5) is 19.8. The van der Waals surface area contributed by atoms with Gasteiger partial charge in [0.05, 0.1) is 17.8 Å². The molecule has 2 aliphatic rings. The Hall–Kier alpha value is -2.96. The highest BCUT2D eigenvalue weighted by molar-refractivity contribution is 5.81. The van der Waals surface area contributed by atoms with Crippen molar-refractivity contribution >= 4 is 5.91 Å². The van der Waals surface area contributed by atoms with Gasteiger partial charge in [0.25, 0.3) is 0 Å². The van der Waals surface area contributed by atoms with E-state index in [1.807, 2.05) is 18.0 Å². The van der Waals surface area contributed by atoms with Gasteiger partial charge in [-0.2, -0.15) is 10.2 Å². The van der Waals surface area contributed by atoms with E-state index in [0.29, 0.717) is 13.1 Å². The molecular formula is C20H22N6O. The molecule has 3 aromatic rings.